The van der Waals surface area contributed by atoms with E-state index in [9.17, 15) is 0 Å². The number of hydrogen-bond acceptors (Lipinski definition) is 2. The second kappa shape index (κ2) is 8.23. The third-order valence-corrected chi connectivity index (χ3v) is 3.59. The van der Waals surface area contributed by atoms with Crippen molar-refractivity contribution in [2.45, 2.75) is 32.9 Å². The molecule has 102 valence electrons. The van der Waals surface area contributed by atoms with E-state index in [0.29, 0.717) is 21.6 Å². The molecule has 0 aromatic heterocycles. The molecule has 0 bridgehead atoms. The smallest absolute Gasteiger partial charge is 0.0652 e. The lowest BCUT2D eigenvalue weighted by Crippen LogP contribution is -2.17. The maximum atomic E-state index is 6.10. The summed E-state index contributed by atoms with van der Waals surface area (Å²) in [5.41, 5.74) is 0.843. The van der Waals surface area contributed by atoms with Crippen LogP contribution in [0.5, 0.6) is 0 Å². The lowest BCUT2D eigenvalue weighted by Gasteiger charge is -2.11. The Morgan fingerprint density at radius 3 is 2.50 bits per heavy atom. The van der Waals surface area contributed by atoms with Crippen molar-refractivity contribution < 1.29 is 4.74 Å². The molecule has 0 amide bonds. The molecule has 0 saturated heterocycles. The van der Waals surface area contributed by atoms with E-state index in [-0.39, 0.29) is 6.10 Å². The van der Waals surface area contributed by atoms with Gasteiger partial charge < -0.3 is 10.1 Å². The van der Waals surface area contributed by atoms with Crippen LogP contribution in [0.25, 0.3) is 0 Å². The summed E-state index contributed by atoms with van der Waals surface area (Å²) < 4.78 is 5.45. The Balaban J connectivity index is 2.33. The van der Waals surface area contributed by atoms with Crippen LogP contribution < -0.4 is 5.32 Å². The summed E-state index contributed by atoms with van der Waals surface area (Å²) in [6.07, 6.45) is 1.23. The fraction of sp³-hybridized carbons (Fsp3) is 0.538. The largest absolute Gasteiger partial charge is 0.379 e. The van der Waals surface area contributed by atoms with Crippen molar-refractivity contribution in [2.24, 2.45) is 0 Å². The zero-order valence-corrected chi connectivity index (χ0v) is 12.9. The van der Waals surface area contributed by atoms with E-state index in [4.69, 9.17) is 39.5 Å². The highest BCUT2D eigenvalue weighted by molar-refractivity contribution is 6.44. The summed E-state index contributed by atoms with van der Waals surface area (Å²) in [6.45, 7) is 6.27. The van der Waals surface area contributed by atoms with Crippen LogP contribution in [-0.4, -0.2) is 19.3 Å². The summed E-state index contributed by atoms with van der Waals surface area (Å²) >= 11 is 18.1. The first-order chi connectivity index (χ1) is 8.52. The molecule has 0 radical (unpaired) electrons. The van der Waals surface area contributed by atoms with Gasteiger partial charge >= 0.3 is 0 Å². The summed E-state index contributed by atoms with van der Waals surface area (Å²) in [5.74, 6) is 0. The van der Waals surface area contributed by atoms with Crippen molar-refractivity contribution in [1.29, 1.82) is 0 Å². The number of hydrogen-bond donors (Lipinski definition) is 1. The van der Waals surface area contributed by atoms with Crippen LogP contribution in [0.15, 0.2) is 12.1 Å². The summed E-state index contributed by atoms with van der Waals surface area (Å²) in [4.78, 5) is 0. The molecule has 1 aromatic carbocycles. The van der Waals surface area contributed by atoms with E-state index in [1.54, 1.807) is 12.1 Å². The Kier molecular flexibility index (Phi) is 7.35. The van der Waals surface area contributed by atoms with Crippen molar-refractivity contribution in [3.63, 3.8) is 0 Å². The van der Waals surface area contributed by atoms with Gasteiger partial charge in [0.2, 0.25) is 0 Å². The molecule has 0 aliphatic carbocycles. The van der Waals surface area contributed by atoms with Crippen LogP contribution in [0, 0.1) is 0 Å². The van der Waals surface area contributed by atoms with Gasteiger partial charge in [-0.3, -0.25) is 0 Å². The van der Waals surface area contributed by atoms with Crippen LogP contribution in [0.3, 0.4) is 0 Å². The van der Waals surface area contributed by atoms with E-state index in [1.165, 1.54) is 0 Å². The molecule has 2 nitrogen and oxygen atoms in total. The van der Waals surface area contributed by atoms with Gasteiger partial charge in [-0.25, -0.2) is 0 Å². The molecule has 0 aliphatic rings. The van der Waals surface area contributed by atoms with Crippen molar-refractivity contribution in [2.75, 3.05) is 13.2 Å². The van der Waals surface area contributed by atoms with Gasteiger partial charge in [0.1, 0.15) is 0 Å². The third-order valence-electron chi connectivity index (χ3n) is 2.39. The number of benzene rings is 1. The van der Waals surface area contributed by atoms with E-state index in [1.807, 2.05) is 13.8 Å². The van der Waals surface area contributed by atoms with Crippen LogP contribution in [-0.2, 0) is 11.3 Å². The zero-order valence-electron chi connectivity index (χ0n) is 10.6. The zero-order chi connectivity index (χ0) is 13.5. The minimum Gasteiger partial charge on any atom is -0.379 e. The van der Waals surface area contributed by atoms with E-state index in [0.717, 1.165) is 25.1 Å². The second-order valence-electron chi connectivity index (χ2n) is 4.27. The average Bonchev–Trinajstić information content (AvgIpc) is 2.32. The Bertz CT molecular complexity index is 383. The van der Waals surface area contributed by atoms with Gasteiger partial charge in [0, 0.05) is 23.7 Å². The van der Waals surface area contributed by atoms with E-state index in [2.05, 4.69) is 5.32 Å². The van der Waals surface area contributed by atoms with Gasteiger partial charge in [0.05, 0.1) is 16.1 Å². The monoisotopic (exact) mass is 309 g/mol. The van der Waals surface area contributed by atoms with E-state index >= 15 is 0 Å². The van der Waals surface area contributed by atoms with Crippen LogP contribution in [0.4, 0.5) is 0 Å². The van der Waals surface area contributed by atoms with Gasteiger partial charge in [0.25, 0.3) is 0 Å². The maximum absolute atomic E-state index is 6.10. The quantitative estimate of drug-likeness (QED) is 0.589. The third kappa shape index (κ3) is 5.33. The molecular weight excluding hydrogens is 293 g/mol. The van der Waals surface area contributed by atoms with Crippen LogP contribution in [0.2, 0.25) is 15.1 Å². The Labute approximate surface area is 124 Å². The Morgan fingerprint density at radius 1 is 1.17 bits per heavy atom. The van der Waals surface area contributed by atoms with Gasteiger partial charge in [-0.15, -0.1) is 0 Å². The summed E-state index contributed by atoms with van der Waals surface area (Å²) in [6, 6.07) is 3.46. The first-order valence-corrected chi connectivity index (χ1v) is 7.10. The molecule has 1 rings (SSSR count). The fourth-order valence-corrected chi connectivity index (χ4v) is 2.14. The highest BCUT2D eigenvalue weighted by Crippen LogP contribution is 2.31. The molecule has 5 heteroatoms. The Hall–Kier alpha value is 0.01000. The molecule has 0 heterocycles. The van der Waals surface area contributed by atoms with Gasteiger partial charge in [-0.2, -0.15) is 0 Å². The van der Waals surface area contributed by atoms with Gasteiger partial charge in [0.15, 0.2) is 0 Å². The topological polar surface area (TPSA) is 21.3 Å². The van der Waals surface area contributed by atoms with Crippen LogP contribution >= 0.6 is 34.8 Å². The average molecular weight is 311 g/mol. The standard InChI is InChI=1S/C13H18Cl3NO/c1-9(2)18-7-3-6-17-8-10-11(14)4-5-12(15)13(10)16/h4-5,9,17H,3,6-8H2,1-2H3. The van der Waals surface area contributed by atoms with Crippen molar-refractivity contribution in [3.8, 4) is 0 Å². The molecule has 0 fully saturated rings. The number of rotatable bonds is 7. The number of ether oxygens (including phenoxy) is 1. The normalized spacial score (nSPS) is 11.2. The van der Waals surface area contributed by atoms with Gasteiger partial charge in [-0.05, 0) is 38.9 Å². The number of halogens is 3. The molecule has 0 atom stereocenters. The molecule has 0 spiro atoms. The summed E-state index contributed by atoms with van der Waals surface area (Å²) in [7, 11) is 0. The maximum Gasteiger partial charge on any atom is 0.0652 e. The summed E-state index contributed by atoms with van der Waals surface area (Å²) in [5, 5.41) is 4.96. The SMILES string of the molecule is CC(C)OCCCNCc1c(Cl)ccc(Cl)c1Cl. The van der Waals surface area contributed by atoms with E-state index < -0.39 is 0 Å². The minimum atomic E-state index is 0.279. The molecule has 0 unspecified atom stereocenters. The first kappa shape index (κ1) is 16.1. The van der Waals surface area contributed by atoms with Crippen LogP contribution in [0.1, 0.15) is 25.8 Å². The molecule has 0 saturated carbocycles. The number of nitrogens with one attached hydrogen (secondary N) is 1. The van der Waals surface area contributed by atoms with Crippen molar-refractivity contribution in [1.82, 2.24) is 5.32 Å². The molecule has 1 aromatic rings. The lowest BCUT2D eigenvalue weighted by atomic mass is 10.2. The Morgan fingerprint density at radius 2 is 1.83 bits per heavy atom. The van der Waals surface area contributed by atoms with Crippen molar-refractivity contribution >= 4 is 34.8 Å². The van der Waals surface area contributed by atoms with Crippen molar-refractivity contribution in [3.05, 3.63) is 32.8 Å². The predicted octanol–water partition coefficient (Wildman–Crippen LogP) is 4.55. The lowest BCUT2D eigenvalue weighted by molar-refractivity contribution is 0.0770. The predicted molar refractivity (Wildman–Crippen MR) is 78.9 cm³/mol. The highest BCUT2D eigenvalue weighted by atomic mass is 35.5. The highest BCUT2D eigenvalue weighted by Gasteiger charge is 2.08. The molecular formula is C13H18Cl3NO. The van der Waals surface area contributed by atoms with Gasteiger partial charge in [-0.1, -0.05) is 34.8 Å². The fourth-order valence-electron chi connectivity index (χ4n) is 1.46. The first-order valence-electron chi connectivity index (χ1n) is 5.97. The molecule has 0 aliphatic heterocycles. The molecule has 1 N–H and O–H groups in total. The minimum absolute atomic E-state index is 0.279. The molecule has 18 heavy (non-hydrogen) atoms. The second-order valence-corrected chi connectivity index (χ2v) is 5.46.